The first-order valence-corrected chi connectivity index (χ1v) is 5.93. The van der Waals surface area contributed by atoms with Crippen molar-refractivity contribution < 1.29 is 39.4 Å². The molecule has 1 aliphatic heterocycles. The minimum absolute atomic E-state index is 0.167. The van der Waals surface area contributed by atoms with Gasteiger partial charge in [0, 0.05) is 5.15 Å². The topological polar surface area (TPSA) is 143 Å². The number of ether oxygens (including phenoxy) is 1. The van der Waals surface area contributed by atoms with E-state index in [0.29, 0.717) is 0 Å². The zero-order valence-corrected chi connectivity index (χ0v) is 10.8. The maximum Gasteiger partial charge on any atom is 0.242 e. The molecule has 4 atom stereocenters. The highest BCUT2D eigenvalue weighted by molar-refractivity contribution is 5.75. The van der Waals surface area contributed by atoms with Gasteiger partial charge in [0.25, 0.3) is 0 Å². The Morgan fingerprint density at radius 1 is 1.23 bits per heavy atom. The lowest BCUT2D eigenvalue weighted by Gasteiger charge is -2.16. The van der Waals surface area contributed by atoms with Crippen LogP contribution in [-0.2, 0) is 9.88 Å². The van der Waals surface area contributed by atoms with Crippen molar-refractivity contribution in [3.63, 3.8) is 0 Å². The van der Waals surface area contributed by atoms with Crippen LogP contribution < -0.4 is 0 Å². The highest BCUT2D eigenvalue weighted by Crippen LogP contribution is 2.32. The van der Waals surface area contributed by atoms with Crippen molar-refractivity contribution in [3.8, 4) is 5.88 Å². The van der Waals surface area contributed by atoms with E-state index in [9.17, 15) is 15.3 Å². The second-order valence-electron chi connectivity index (χ2n) is 4.31. The first kappa shape index (κ1) is 16.4. The van der Waals surface area contributed by atoms with Gasteiger partial charge in [0.2, 0.25) is 5.88 Å². The molecule has 1 saturated heterocycles. The van der Waals surface area contributed by atoms with Crippen molar-refractivity contribution in [3.05, 3.63) is 12.7 Å². The Hall–Kier alpha value is -1.99. The second kappa shape index (κ2) is 6.85. The van der Waals surface area contributed by atoms with Crippen molar-refractivity contribution in [2.24, 2.45) is 0 Å². The van der Waals surface area contributed by atoms with Gasteiger partial charge in [0.15, 0.2) is 17.4 Å². The Labute approximate surface area is 121 Å². The van der Waals surface area contributed by atoms with Gasteiger partial charge in [-0.25, -0.2) is 9.97 Å². The van der Waals surface area contributed by atoms with Crippen LogP contribution in [0.3, 0.4) is 0 Å². The standard InChI is InChI=1S/C10H12N4O5.F2O/c15-1-4-6(16)7(17)10(19-4)14-3-13-5-8(14)11-2-12-9(5)18;1-3-2/h2-4,6-7,10,15-17H,1H2,(H,11,12,18);/t4-,6-,7-,10-;/m1./s1. The summed E-state index contributed by atoms with van der Waals surface area (Å²) < 4.78 is 25.0. The molecule has 0 amide bonds. The van der Waals surface area contributed by atoms with Crippen molar-refractivity contribution in [1.82, 2.24) is 19.5 Å². The van der Waals surface area contributed by atoms with Gasteiger partial charge in [-0.1, -0.05) is 0 Å². The molecule has 0 bridgehead atoms. The van der Waals surface area contributed by atoms with Crippen LogP contribution in [0.2, 0.25) is 0 Å². The van der Waals surface area contributed by atoms with Crippen LogP contribution in [0.1, 0.15) is 6.23 Å². The van der Waals surface area contributed by atoms with Crippen molar-refractivity contribution in [2.45, 2.75) is 24.5 Å². The van der Waals surface area contributed by atoms with Gasteiger partial charge in [0.1, 0.15) is 24.6 Å². The van der Waals surface area contributed by atoms with Gasteiger partial charge in [0.05, 0.1) is 12.9 Å². The Kier molecular flexibility index (Phi) is 5.10. The van der Waals surface area contributed by atoms with Crippen molar-refractivity contribution >= 4 is 11.2 Å². The smallest absolute Gasteiger partial charge is 0.242 e. The number of imidazole rings is 1. The first-order chi connectivity index (χ1) is 10.5. The number of aliphatic hydroxyl groups excluding tert-OH is 3. The van der Waals surface area contributed by atoms with E-state index in [0.717, 1.165) is 6.33 Å². The molecular weight excluding hydrogens is 310 g/mol. The number of hydrogen-bond donors (Lipinski definition) is 4. The fourth-order valence-corrected chi connectivity index (χ4v) is 2.14. The lowest BCUT2D eigenvalue weighted by atomic mass is 10.1. The quantitative estimate of drug-likeness (QED) is 0.542. The van der Waals surface area contributed by atoms with Crippen LogP contribution in [0.15, 0.2) is 12.7 Å². The summed E-state index contributed by atoms with van der Waals surface area (Å²) in [6.45, 7) is -0.415. The molecule has 2 aromatic rings. The zero-order valence-electron chi connectivity index (χ0n) is 10.8. The summed E-state index contributed by atoms with van der Waals surface area (Å²) in [6.07, 6.45) is -1.79. The molecule has 4 N–H and O–H groups in total. The fourth-order valence-electron chi connectivity index (χ4n) is 2.14. The van der Waals surface area contributed by atoms with E-state index in [1.165, 1.54) is 16.0 Å². The number of fused-ring (bicyclic) bond motifs is 1. The summed E-state index contributed by atoms with van der Waals surface area (Å²) in [5.74, 6) is -0.282. The van der Waals surface area contributed by atoms with E-state index in [2.05, 4.69) is 15.0 Å². The average molecular weight is 322 g/mol. The number of nitrogens with zero attached hydrogens (tertiary/aromatic N) is 4. The summed E-state index contributed by atoms with van der Waals surface area (Å²) in [5, 5.41) is 39.4. The number of halogens is 2. The van der Waals surface area contributed by atoms with Crippen molar-refractivity contribution in [2.75, 3.05) is 6.61 Å². The largest absolute Gasteiger partial charge is 0.492 e. The van der Waals surface area contributed by atoms with E-state index in [1.54, 1.807) is 0 Å². The molecule has 2 aromatic heterocycles. The van der Waals surface area contributed by atoms with Crippen LogP contribution in [0, 0.1) is 0 Å². The van der Waals surface area contributed by atoms with Gasteiger partial charge in [-0.3, -0.25) is 4.57 Å². The molecule has 0 spiro atoms. The van der Waals surface area contributed by atoms with Crippen molar-refractivity contribution in [1.29, 1.82) is 0 Å². The number of rotatable bonds is 2. The molecule has 3 rings (SSSR count). The van der Waals surface area contributed by atoms with Crippen LogP contribution in [0.5, 0.6) is 5.88 Å². The highest BCUT2D eigenvalue weighted by atomic mass is 19.6. The monoisotopic (exact) mass is 322 g/mol. The first-order valence-electron chi connectivity index (χ1n) is 5.93. The molecule has 22 heavy (non-hydrogen) atoms. The minimum Gasteiger partial charge on any atom is -0.492 e. The molecule has 3 heterocycles. The SMILES string of the molecule is FOF.OC[C@H]1O[C@@H](n2cnc3c(O)ncnc32)[C@H](O)[C@@H]1O. The highest BCUT2D eigenvalue weighted by Gasteiger charge is 2.43. The third-order valence-electron chi connectivity index (χ3n) is 3.13. The van der Waals surface area contributed by atoms with Crippen LogP contribution in [0.4, 0.5) is 9.05 Å². The summed E-state index contributed by atoms with van der Waals surface area (Å²) in [7, 11) is 0. The second-order valence-corrected chi connectivity index (χ2v) is 4.31. The maximum atomic E-state index is 9.92. The Morgan fingerprint density at radius 3 is 2.50 bits per heavy atom. The number of aromatic hydroxyl groups is 1. The Morgan fingerprint density at radius 2 is 1.91 bits per heavy atom. The molecular formula is C10H12F2N4O6. The Bertz CT molecular complexity index is 628. The summed E-state index contributed by atoms with van der Waals surface area (Å²) in [4.78, 5) is 11.5. The van der Waals surface area contributed by atoms with Gasteiger partial charge in [-0.15, -0.1) is 0 Å². The van der Waals surface area contributed by atoms with Gasteiger partial charge in [-0.2, -0.15) is 4.98 Å². The van der Waals surface area contributed by atoms with Crippen LogP contribution in [-0.4, -0.2) is 64.9 Å². The summed E-state index contributed by atoms with van der Waals surface area (Å²) in [6, 6.07) is 0. The lowest BCUT2D eigenvalue weighted by Crippen LogP contribution is -2.33. The number of aliphatic hydroxyl groups is 3. The fraction of sp³-hybridized carbons (Fsp3) is 0.500. The Balaban J connectivity index is 0.000000545. The molecule has 1 fully saturated rings. The predicted octanol–water partition coefficient (Wildman–Crippen LogP) is -1.08. The lowest BCUT2D eigenvalue weighted by molar-refractivity contribution is -0.317. The van der Waals surface area contributed by atoms with Gasteiger partial charge < -0.3 is 25.2 Å². The molecule has 0 radical (unpaired) electrons. The predicted molar refractivity (Wildman–Crippen MR) is 63.3 cm³/mol. The average Bonchev–Trinajstić information content (AvgIpc) is 3.04. The normalized spacial score (nSPS) is 27.7. The summed E-state index contributed by atoms with van der Waals surface area (Å²) >= 11 is 0. The van der Waals surface area contributed by atoms with E-state index < -0.39 is 31.1 Å². The van der Waals surface area contributed by atoms with Gasteiger partial charge >= 0.3 is 0 Å². The molecule has 0 aromatic carbocycles. The molecule has 0 unspecified atom stereocenters. The molecule has 0 aliphatic carbocycles. The maximum absolute atomic E-state index is 9.92. The minimum atomic E-state index is -1.23. The van der Waals surface area contributed by atoms with E-state index in [-0.39, 0.29) is 17.0 Å². The van der Waals surface area contributed by atoms with E-state index in [1.807, 2.05) is 0 Å². The van der Waals surface area contributed by atoms with E-state index >= 15 is 0 Å². The van der Waals surface area contributed by atoms with Crippen LogP contribution in [0.25, 0.3) is 11.2 Å². The van der Waals surface area contributed by atoms with Crippen LogP contribution >= 0.6 is 0 Å². The third-order valence-corrected chi connectivity index (χ3v) is 3.13. The number of hydrogen-bond acceptors (Lipinski definition) is 9. The third kappa shape index (κ3) is 2.82. The number of aromatic nitrogens is 4. The molecule has 10 nitrogen and oxygen atoms in total. The molecule has 0 saturated carbocycles. The summed E-state index contributed by atoms with van der Waals surface area (Å²) in [5.41, 5.74) is 0.433. The van der Waals surface area contributed by atoms with Gasteiger partial charge in [-0.05, 0) is 9.05 Å². The molecule has 122 valence electrons. The molecule has 12 heteroatoms. The zero-order chi connectivity index (χ0) is 16.3. The molecule has 1 aliphatic rings. The van der Waals surface area contributed by atoms with E-state index in [4.69, 9.17) is 18.9 Å².